The number of benzene rings is 1. The van der Waals surface area contributed by atoms with Crippen LogP contribution in [-0.4, -0.2) is 46.7 Å². The number of rotatable bonds is 4. The highest BCUT2D eigenvalue weighted by Gasteiger charge is 2.21. The number of anilines is 1. The molecule has 0 spiro atoms. The maximum atomic E-state index is 12.8. The standard InChI is InChI=1S/C13H15ClFNO.C7H10N4O2/c14-11-8-10(15)6-7-12(11)16-13(17)9-4-2-1-3-5-9;1-11(2)7(13)5-4(6(8)12)9-3-10-5/h6-9H,1-5H2,(H,16,17);3H,1-2H3,(H2,8,12)(H,9,10). The van der Waals surface area contributed by atoms with Gasteiger partial charge in [-0.1, -0.05) is 30.9 Å². The van der Waals surface area contributed by atoms with Crippen molar-refractivity contribution in [3.63, 3.8) is 0 Å². The molecule has 0 unspecified atom stereocenters. The lowest BCUT2D eigenvalue weighted by atomic mass is 9.88. The molecular formula is C20H25ClFN5O3. The van der Waals surface area contributed by atoms with Crippen LogP contribution in [0.2, 0.25) is 5.02 Å². The fourth-order valence-electron chi connectivity index (χ4n) is 3.06. The van der Waals surface area contributed by atoms with Crippen molar-refractivity contribution in [1.82, 2.24) is 14.9 Å². The van der Waals surface area contributed by atoms with Gasteiger partial charge in [0.25, 0.3) is 11.8 Å². The highest BCUT2D eigenvalue weighted by atomic mass is 35.5. The van der Waals surface area contributed by atoms with Crippen molar-refractivity contribution < 1.29 is 18.8 Å². The summed E-state index contributed by atoms with van der Waals surface area (Å²) in [5.74, 6) is -1.37. The highest BCUT2D eigenvalue weighted by Crippen LogP contribution is 2.27. The molecule has 1 aromatic carbocycles. The summed E-state index contributed by atoms with van der Waals surface area (Å²) in [4.78, 5) is 41.6. The molecule has 3 amide bonds. The minimum absolute atomic E-state index is 0.00166. The van der Waals surface area contributed by atoms with Crippen LogP contribution in [0.15, 0.2) is 24.5 Å². The third-order valence-corrected chi connectivity index (χ3v) is 4.97. The van der Waals surface area contributed by atoms with Gasteiger partial charge >= 0.3 is 0 Å². The lowest BCUT2D eigenvalue weighted by Crippen LogP contribution is -2.25. The smallest absolute Gasteiger partial charge is 0.272 e. The van der Waals surface area contributed by atoms with E-state index in [4.69, 9.17) is 17.3 Å². The fourth-order valence-corrected chi connectivity index (χ4v) is 3.27. The topological polar surface area (TPSA) is 121 Å². The van der Waals surface area contributed by atoms with Gasteiger partial charge in [0.15, 0.2) is 5.69 Å². The number of H-pyrrole nitrogens is 1. The minimum Gasteiger partial charge on any atom is -0.364 e. The third kappa shape index (κ3) is 6.28. The van der Waals surface area contributed by atoms with Crippen LogP contribution in [0.5, 0.6) is 0 Å². The Balaban J connectivity index is 0.000000222. The number of hydrogen-bond donors (Lipinski definition) is 3. The maximum absolute atomic E-state index is 12.8. The van der Waals surface area contributed by atoms with E-state index in [0.717, 1.165) is 25.7 Å². The molecule has 1 saturated carbocycles. The Bertz CT molecular complexity index is 910. The predicted molar refractivity (Wildman–Crippen MR) is 112 cm³/mol. The Hall–Kier alpha value is -2.94. The van der Waals surface area contributed by atoms with Crippen molar-refractivity contribution in [2.24, 2.45) is 11.7 Å². The van der Waals surface area contributed by atoms with E-state index in [1.165, 1.54) is 35.8 Å². The van der Waals surface area contributed by atoms with Crippen molar-refractivity contribution in [3.8, 4) is 0 Å². The van der Waals surface area contributed by atoms with Gasteiger partial charge in [-0.3, -0.25) is 14.4 Å². The average molecular weight is 438 g/mol. The van der Waals surface area contributed by atoms with Crippen molar-refractivity contribution in [2.75, 3.05) is 19.4 Å². The zero-order chi connectivity index (χ0) is 22.3. The number of nitrogens with two attached hydrogens (primary N) is 1. The molecule has 0 atom stereocenters. The lowest BCUT2D eigenvalue weighted by Gasteiger charge is -2.21. The summed E-state index contributed by atoms with van der Waals surface area (Å²) in [7, 11) is 3.15. The summed E-state index contributed by atoms with van der Waals surface area (Å²) < 4.78 is 12.8. The number of amides is 3. The van der Waals surface area contributed by atoms with E-state index in [2.05, 4.69) is 15.3 Å². The number of imidazole rings is 1. The van der Waals surface area contributed by atoms with Gasteiger partial charge in [0.05, 0.1) is 17.0 Å². The molecule has 8 nitrogen and oxygen atoms in total. The van der Waals surface area contributed by atoms with Crippen LogP contribution in [0.25, 0.3) is 0 Å². The molecule has 4 N–H and O–H groups in total. The van der Waals surface area contributed by atoms with Crippen LogP contribution >= 0.6 is 11.6 Å². The molecular weight excluding hydrogens is 413 g/mol. The van der Waals surface area contributed by atoms with E-state index in [0.29, 0.717) is 5.69 Å². The van der Waals surface area contributed by atoms with Gasteiger partial charge in [-0.2, -0.15) is 0 Å². The Morgan fingerprint density at radius 2 is 1.90 bits per heavy atom. The second kappa shape index (κ2) is 10.7. The summed E-state index contributed by atoms with van der Waals surface area (Å²) in [6, 6.07) is 4.00. The number of nitrogens with one attached hydrogen (secondary N) is 2. The Morgan fingerprint density at radius 1 is 1.23 bits per heavy atom. The second-order valence-electron chi connectivity index (χ2n) is 7.14. The SMILES string of the molecule is CN(C)C(=O)c1[nH]cnc1C(N)=O.O=C(Nc1ccc(F)cc1Cl)C1CCCCC1. The molecule has 1 aliphatic carbocycles. The summed E-state index contributed by atoms with van der Waals surface area (Å²) in [6.07, 6.45) is 6.55. The fraction of sp³-hybridized carbons (Fsp3) is 0.400. The van der Waals surface area contributed by atoms with Gasteiger partial charge in [0.2, 0.25) is 5.91 Å². The number of aromatic amines is 1. The van der Waals surface area contributed by atoms with E-state index in [1.54, 1.807) is 14.1 Å². The predicted octanol–water partition coefficient (Wildman–Crippen LogP) is 3.21. The molecule has 1 heterocycles. The number of carbonyl (C=O) groups is 3. The van der Waals surface area contributed by atoms with Gasteiger partial charge in [-0.15, -0.1) is 0 Å². The van der Waals surface area contributed by atoms with Crippen molar-refractivity contribution >= 4 is 35.0 Å². The summed E-state index contributed by atoms with van der Waals surface area (Å²) in [5, 5.41) is 3.01. The van der Waals surface area contributed by atoms with E-state index in [-0.39, 0.29) is 34.1 Å². The van der Waals surface area contributed by atoms with Crippen LogP contribution in [0, 0.1) is 11.7 Å². The van der Waals surface area contributed by atoms with Crippen LogP contribution in [0.1, 0.15) is 53.1 Å². The van der Waals surface area contributed by atoms with E-state index in [1.807, 2.05) is 0 Å². The van der Waals surface area contributed by atoms with Gasteiger partial charge in [-0.05, 0) is 31.0 Å². The first-order chi connectivity index (χ1) is 14.2. The molecule has 2 aromatic rings. The lowest BCUT2D eigenvalue weighted by molar-refractivity contribution is -0.120. The Kier molecular flexibility index (Phi) is 8.35. The van der Waals surface area contributed by atoms with Crippen LogP contribution < -0.4 is 11.1 Å². The van der Waals surface area contributed by atoms with Crippen LogP contribution in [-0.2, 0) is 4.79 Å². The number of carbonyl (C=O) groups excluding carboxylic acids is 3. The quantitative estimate of drug-likeness (QED) is 0.679. The van der Waals surface area contributed by atoms with Gasteiger partial charge in [0.1, 0.15) is 11.5 Å². The molecule has 0 bridgehead atoms. The molecule has 0 aliphatic heterocycles. The van der Waals surface area contributed by atoms with E-state index < -0.39 is 11.7 Å². The largest absolute Gasteiger partial charge is 0.364 e. The van der Waals surface area contributed by atoms with Gasteiger partial charge < -0.3 is 20.9 Å². The molecule has 10 heteroatoms. The second-order valence-corrected chi connectivity index (χ2v) is 7.55. The minimum atomic E-state index is -0.716. The summed E-state index contributed by atoms with van der Waals surface area (Å²) >= 11 is 5.86. The summed E-state index contributed by atoms with van der Waals surface area (Å²) in [6.45, 7) is 0. The third-order valence-electron chi connectivity index (χ3n) is 4.66. The van der Waals surface area contributed by atoms with Crippen molar-refractivity contribution in [2.45, 2.75) is 32.1 Å². The maximum Gasteiger partial charge on any atom is 0.272 e. The van der Waals surface area contributed by atoms with Crippen LogP contribution in [0.3, 0.4) is 0 Å². The molecule has 1 aliphatic rings. The highest BCUT2D eigenvalue weighted by molar-refractivity contribution is 6.33. The number of hydrogen-bond acceptors (Lipinski definition) is 4. The first kappa shape index (κ1) is 23.3. The first-order valence-electron chi connectivity index (χ1n) is 9.51. The number of primary amides is 1. The number of nitrogens with zero attached hydrogens (tertiary/aromatic N) is 2. The molecule has 30 heavy (non-hydrogen) atoms. The summed E-state index contributed by atoms with van der Waals surface area (Å²) in [5.41, 5.74) is 5.59. The van der Waals surface area contributed by atoms with Crippen LogP contribution in [0.4, 0.5) is 10.1 Å². The number of aromatic nitrogens is 2. The van der Waals surface area contributed by atoms with E-state index in [9.17, 15) is 18.8 Å². The van der Waals surface area contributed by atoms with Gasteiger partial charge in [0, 0.05) is 20.0 Å². The number of halogens is 2. The Morgan fingerprint density at radius 3 is 2.47 bits per heavy atom. The first-order valence-corrected chi connectivity index (χ1v) is 9.89. The molecule has 1 aromatic heterocycles. The normalized spacial score (nSPS) is 13.7. The molecule has 0 saturated heterocycles. The molecule has 0 radical (unpaired) electrons. The van der Waals surface area contributed by atoms with E-state index >= 15 is 0 Å². The zero-order valence-corrected chi connectivity index (χ0v) is 17.6. The molecule has 3 rings (SSSR count). The van der Waals surface area contributed by atoms with Crippen molar-refractivity contribution in [3.05, 3.63) is 46.8 Å². The molecule has 162 valence electrons. The monoisotopic (exact) mass is 437 g/mol. The molecule has 1 fully saturated rings. The Labute approximate surface area is 179 Å². The zero-order valence-electron chi connectivity index (χ0n) is 16.9. The van der Waals surface area contributed by atoms with Crippen molar-refractivity contribution in [1.29, 1.82) is 0 Å². The average Bonchev–Trinajstić information content (AvgIpc) is 3.20. The van der Waals surface area contributed by atoms with Gasteiger partial charge in [-0.25, -0.2) is 9.37 Å².